The number of aliphatic hydroxyl groups is 1. The summed E-state index contributed by atoms with van der Waals surface area (Å²) in [5.41, 5.74) is 0.797. The third kappa shape index (κ3) is 3.11. The van der Waals surface area contributed by atoms with Crippen LogP contribution in [0.4, 0.5) is 0 Å². The minimum atomic E-state index is -1.07. The largest absolute Gasteiger partial charge is 0.506 e. The maximum Gasteiger partial charge on any atom is 0.277 e. The lowest BCUT2D eigenvalue weighted by atomic mass is 10.1. The van der Waals surface area contributed by atoms with Gasteiger partial charge in [-0.15, -0.1) is 0 Å². The molecule has 0 unspecified atom stereocenters. The van der Waals surface area contributed by atoms with Crippen LogP contribution in [0.1, 0.15) is 30.8 Å². The van der Waals surface area contributed by atoms with Gasteiger partial charge in [0.1, 0.15) is 16.4 Å². The van der Waals surface area contributed by atoms with Crippen molar-refractivity contribution in [2.75, 3.05) is 0 Å². The summed E-state index contributed by atoms with van der Waals surface area (Å²) in [7, 11) is 0. The molecule has 0 amide bonds. The highest BCUT2D eigenvalue weighted by Crippen LogP contribution is 2.24. The highest BCUT2D eigenvalue weighted by molar-refractivity contribution is 6.31. The van der Waals surface area contributed by atoms with Gasteiger partial charge in [0.25, 0.3) is 5.56 Å². The molecule has 0 saturated heterocycles. The summed E-state index contributed by atoms with van der Waals surface area (Å²) in [5.74, 6) is 0.232. The number of aryl methyl sites for hydroxylation is 2. The third-order valence-corrected chi connectivity index (χ3v) is 4.42. The number of nitrogens with zero attached hydrogens (tertiary/aromatic N) is 4. The minimum absolute atomic E-state index is 0.239. The number of rotatable bonds is 3. The van der Waals surface area contributed by atoms with E-state index in [1.807, 2.05) is 6.92 Å². The molecule has 7 nitrogen and oxygen atoms in total. The Balaban J connectivity index is 2.18. The van der Waals surface area contributed by atoms with E-state index in [1.165, 1.54) is 15.3 Å². The van der Waals surface area contributed by atoms with Gasteiger partial charge in [-0.1, -0.05) is 11.6 Å². The van der Waals surface area contributed by atoms with Crippen LogP contribution >= 0.6 is 11.6 Å². The first kappa shape index (κ1) is 18.2. The van der Waals surface area contributed by atoms with Crippen LogP contribution in [-0.4, -0.2) is 29.5 Å². The van der Waals surface area contributed by atoms with Crippen molar-refractivity contribution in [2.45, 2.75) is 33.3 Å². The maximum atomic E-state index is 12.5. The van der Waals surface area contributed by atoms with Gasteiger partial charge in [0, 0.05) is 30.2 Å². The van der Waals surface area contributed by atoms with Crippen LogP contribution in [0.25, 0.3) is 11.5 Å². The summed E-state index contributed by atoms with van der Waals surface area (Å²) in [6.45, 7) is 6.82. The lowest BCUT2D eigenvalue weighted by Crippen LogP contribution is -2.22. The molecule has 0 radical (unpaired) electrons. The van der Waals surface area contributed by atoms with Crippen LogP contribution in [0.15, 0.2) is 35.4 Å². The fourth-order valence-corrected chi connectivity index (χ4v) is 2.78. The van der Waals surface area contributed by atoms with E-state index < -0.39 is 11.2 Å². The highest BCUT2D eigenvalue weighted by Gasteiger charge is 2.20. The zero-order valence-electron chi connectivity index (χ0n) is 14.9. The molecule has 0 bridgehead atoms. The van der Waals surface area contributed by atoms with E-state index in [9.17, 15) is 15.0 Å². The molecule has 0 aliphatic heterocycles. The summed E-state index contributed by atoms with van der Waals surface area (Å²) >= 11 is 5.92. The summed E-state index contributed by atoms with van der Waals surface area (Å²) in [6.07, 6.45) is 3.32. The van der Waals surface area contributed by atoms with Crippen molar-refractivity contribution in [1.29, 1.82) is 0 Å². The molecule has 0 aromatic carbocycles. The van der Waals surface area contributed by atoms with E-state index >= 15 is 0 Å². The van der Waals surface area contributed by atoms with Crippen molar-refractivity contribution in [1.82, 2.24) is 19.3 Å². The Kier molecular flexibility index (Phi) is 4.37. The first-order chi connectivity index (χ1) is 12.1. The molecule has 0 atom stereocenters. The number of pyridine rings is 2. The zero-order chi connectivity index (χ0) is 19.2. The van der Waals surface area contributed by atoms with Gasteiger partial charge in [-0.2, -0.15) is 5.10 Å². The van der Waals surface area contributed by atoms with Gasteiger partial charge >= 0.3 is 0 Å². The van der Waals surface area contributed by atoms with E-state index in [4.69, 9.17) is 11.6 Å². The van der Waals surface area contributed by atoms with E-state index in [-0.39, 0.29) is 10.8 Å². The lowest BCUT2D eigenvalue weighted by molar-refractivity contribution is 0.0734. The van der Waals surface area contributed by atoms with Crippen molar-refractivity contribution in [2.24, 2.45) is 0 Å². The van der Waals surface area contributed by atoms with Crippen molar-refractivity contribution < 1.29 is 10.2 Å². The molecule has 3 aromatic heterocycles. The molecule has 26 heavy (non-hydrogen) atoms. The molecular weight excluding hydrogens is 356 g/mol. The monoisotopic (exact) mass is 374 g/mol. The second-order valence-corrected chi connectivity index (χ2v) is 7.04. The first-order valence-corrected chi connectivity index (χ1v) is 8.34. The minimum Gasteiger partial charge on any atom is -0.506 e. The average molecular weight is 375 g/mol. The molecule has 2 N–H and O–H groups in total. The van der Waals surface area contributed by atoms with Crippen LogP contribution < -0.4 is 5.56 Å². The summed E-state index contributed by atoms with van der Waals surface area (Å²) in [4.78, 5) is 16.9. The Morgan fingerprint density at radius 1 is 1.23 bits per heavy atom. The summed E-state index contributed by atoms with van der Waals surface area (Å²) in [5, 5.41) is 23.9. The fourth-order valence-electron chi connectivity index (χ4n) is 2.64. The van der Waals surface area contributed by atoms with Crippen molar-refractivity contribution in [3.8, 4) is 17.3 Å². The molecule has 0 aliphatic carbocycles. The number of aromatic hydroxyl groups is 1. The third-order valence-electron chi connectivity index (χ3n) is 4.07. The normalized spacial score (nSPS) is 11.8. The van der Waals surface area contributed by atoms with Gasteiger partial charge in [0.2, 0.25) is 0 Å². The summed E-state index contributed by atoms with van der Waals surface area (Å²) < 4.78 is 2.95. The van der Waals surface area contributed by atoms with Gasteiger partial charge in [-0.05, 0) is 39.3 Å². The van der Waals surface area contributed by atoms with Crippen molar-refractivity contribution in [3.63, 3.8) is 0 Å². The topological polar surface area (TPSA) is 93.2 Å². The molecular formula is C18H19ClN4O3. The average Bonchev–Trinajstić information content (AvgIpc) is 3.05. The first-order valence-electron chi connectivity index (χ1n) is 7.96. The zero-order valence-corrected chi connectivity index (χ0v) is 15.6. The van der Waals surface area contributed by atoms with Gasteiger partial charge in [0.05, 0.1) is 11.4 Å². The van der Waals surface area contributed by atoms with E-state index in [0.717, 1.165) is 5.56 Å². The van der Waals surface area contributed by atoms with Crippen LogP contribution in [0.3, 0.4) is 0 Å². The van der Waals surface area contributed by atoms with Crippen molar-refractivity contribution >= 4 is 11.6 Å². The highest BCUT2D eigenvalue weighted by atomic mass is 35.5. The lowest BCUT2D eigenvalue weighted by Gasteiger charge is -2.15. The Bertz CT molecular complexity index is 1050. The molecule has 3 heterocycles. The smallest absolute Gasteiger partial charge is 0.277 e. The Morgan fingerprint density at radius 2 is 1.92 bits per heavy atom. The quantitative estimate of drug-likeness (QED) is 0.735. The molecule has 0 aliphatic rings. The Morgan fingerprint density at radius 3 is 2.54 bits per heavy atom. The molecule has 3 rings (SSSR count). The predicted molar refractivity (Wildman–Crippen MR) is 98.3 cm³/mol. The molecule has 8 heteroatoms. The van der Waals surface area contributed by atoms with Crippen molar-refractivity contribution in [3.05, 3.63) is 62.9 Å². The number of hydrogen-bond acceptors (Lipinski definition) is 5. The van der Waals surface area contributed by atoms with Gasteiger partial charge in [0.15, 0.2) is 5.82 Å². The number of aromatic nitrogens is 4. The molecule has 3 aromatic rings. The second kappa shape index (κ2) is 6.26. The van der Waals surface area contributed by atoms with E-state index in [2.05, 4.69) is 10.1 Å². The molecule has 0 spiro atoms. The van der Waals surface area contributed by atoms with Gasteiger partial charge in [-0.3, -0.25) is 9.36 Å². The SMILES string of the molecule is Cc1cnc(-n2ccc(C(C)(C)O)n2)cc1-n1c(C)cc(O)c(Cl)c1=O. The van der Waals surface area contributed by atoms with E-state index in [0.29, 0.717) is 22.9 Å². The van der Waals surface area contributed by atoms with Crippen LogP contribution in [0.2, 0.25) is 5.02 Å². The molecule has 136 valence electrons. The Hall–Kier alpha value is -2.64. The van der Waals surface area contributed by atoms with Gasteiger partial charge in [-0.25, -0.2) is 9.67 Å². The molecule has 0 saturated carbocycles. The Labute approximate surface area is 155 Å². The number of hydrogen-bond donors (Lipinski definition) is 2. The number of halogens is 1. The van der Waals surface area contributed by atoms with Crippen LogP contribution in [0.5, 0.6) is 5.75 Å². The van der Waals surface area contributed by atoms with E-state index in [1.54, 1.807) is 45.3 Å². The fraction of sp³-hybridized carbons (Fsp3) is 0.278. The predicted octanol–water partition coefficient (Wildman–Crippen LogP) is 2.62. The van der Waals surface area contributed by atoms with Gasteiger partial charge < -0.3 is 10.2 Å². The standard InChI is InChI=1S/C18H19ClN4O3/c1-10-9-20-15(22-6-5-14(21-22)18(3,4)26)8-12(10)23-11(2)7-13(24)16(19)17(23)25/h5-9,24,26H,1-4H3. The maximum absolute atomic E-state index is 12.5. The van der Waals surface area contributed by atoms with Crippen LogP contribution in [0, 0.1) is 13.8 Å². The summed E-state index contributed by atoms with van der Waals surface area (Å²) in [6, 6.07) is 4.85. The van der Waals surface area contributed by atoms with Crippen LogP contribution in [-0.2, 0) is 5.60 Å². The molecule has 0 fully saturated rings. The second-order valence-electron chi connectivity index (χ2n) is 6.66.